The van der Waals surface area contributed by atoms with Crippen LogP contribution in [0.1, 0.15) is 22.7 Å². The van der Waals surface area contributed by atoms with Gasteiger partial charge in [-0.3, -0.25) is 9.89 Å². The molecule has 0 saturated heterocycles. The molecule has 4 rings (SSSR count). The highest BCUT2D eigenvalue weighted by Gasteiger charge is 2.20. The molecule has 3 N–H and O–H groups in total. The van der Waals surface area contributed by atoms with E-state index in [1.807, 2.05) is 60.8 Å². The van der Waals surface area contributed by atoms with Crippen LogP contribution in [0.25, 0.3) is 11.1 Å². The molecule has 1 aromatic heterocycles. The first-order valence-electron chi connectivity index (χ1n) is 10.4. The van der Waals surface area contributed by atoms with Gasteiger partial charge in [0.25, 0.3) is 0 Å². The third-order valence-electron chi connectivity index (χ3n) is 5.26. The summed E-state index contributed by atoms with van der Waals surface area (Å²) in [6, 6.07) is 25.7. The Morgan fingerprint density at radius 1 is 0.935 bits per heavy atom. The lowest BCUT2D eigenvalue weighted by atomic mass is 10.0. The highest BCUT2D eigenvalue weighted by molar-refractivity contribution is 5.95. The Kier molecular flexibility index (Phi) is 6.55. The van der Waals surface area contributed by atoms with E-state index in [9.17, 15) is 4.79 Å². The molecule has 0 unspecified atom stereocenters. The normalized spacial score (nSPS) is 11.8. The van der Waals surface area contributed by atoms with Gasteiger partial charge in [-0.05, 0) is 42.2 Å². The van der Waals surface area contributed by atoms with Crippen LogP contribution in [0.4, 0.5) is 5.69 Å². The van der Waals surface area contributed by atoms with Gasteiger partial charge in [0.2, 0.25) is 5.91 Å². The summed E-state index contributed by atoms with van der Waals surface area (Å²) in [5, 5.41) is 13.3. The fourth-order valence-electron chi connectivity index (χ4n) is 3.49. The highest BCUT2D eigenvalue weighted by atomic mass is 16.2. The molecule has 0 radical (unpaired) electrons. The van der Waals surface area contributed by atoms with Crippen molar-refractivity contribution in [2.45, 2.75) is 19.4 Å². The minimum Gasteiger partial charge on any atom is -0.324 e. The van der Waals surface area contributed by atoms with E-state index in [0.29, 0.717) is 6.54 Å². The number of hydrogen-bond donors (Lipinski definition) is 3. The van der Waals surface area contributed by atoms with Crippen molar-refractivity contribution in [1.29, 1.82) is 0 Å². The van der Waals surface area contributed by atoms with Crippen molar-refractivity contribution in [3.05, 3.63) is 108 Å². The SMILES string of the molecule is Cc1ccc(CCN[C@@H](C(=O)Nc2ccc(-c3cn[nH]c3)cc2)c2ccccc2)cc1. The number of rotatable bonds is 8. The van der Waals surface area contributed by atoms with Crippen LogP contribution in [0.3, 0.4) is 0 Å². The van der Waals surface area contributed by atoms with Gasteiger partial charge in [0, 0.05) is 24.0 Å². The average molecular weight is 411 g/mol. The van der Waals surface area contributed by atoms with Crippen LogP contribution >= 0.6 is 0 Å². The molecule has 1 amide bonds. The van der Waals surface area contributed by atoms with Gasteiger partial charge < -0.3 is 10.6 Å². The van der Waals surface area contributed by atoms with Crippen LogP contribution in [-0.4, -0.2) is 22.6 Å². The van der Waals surface area contributed by atoms with E-state index in [1.165, 1.54) is 11.1 Å². The lowest BCUT2D eigenvalue weighted by molar-refractivity contribution is -0.118. The number of nitrogens with zero attached hydrogens (tertiary/aromatic N) is 1. The Hall–Kier alpha value is -3.70. The molecule has 5 heteroatoms. The monoisotopic (exact) mass is 410 g/mol. The van der Waals surface area contributed by atoms with Crippen molar-refractivity contribution in [1.82, 2.24) is 15.5 Å². The number of aromatic amines is 1. The topological polar surface area (TPSA) is 69.8 Å². The van der Waals surface area contributed by atoms with Gasteiger partial charge in [0.05, 0.1) is 6.20 Å². The van der Waals surface area contributed by atoms with Crippen LogP contribution in [0.5, 0.6) is 0 Å². The summed E-state index contributed by atoms with van der Waals surface area (Å²) in [6.07, 6.45) is 4.48. The van der Waals surface area contributed by atoms with E-state index in [-0.39, 0.29) is 5.91 Å². The minimum atomic E-state index is -0.430. The van der Waals surface area contributed by atoms with Gasteiger partial charge in [0.1, 0.15) is 6.04 Å². The lowest BCUT2D eigenvalue weighted by Gasteiger charge is -2.19. The van der Waals surface area contributed by atoms with Crippen molar-refractivity contribution < 1.29 is 4.79 Å². The van der Waals surface area contributed by atoms with Crippen LogP contribution in [-0.2, 0) is 11.2 Å². The second-order valence-electron chi connectivity index (χ2n) is 7.59. The third-order valence-corrected chi connectivity index (χ3v) is 5.26. The van der Waals surface area contributed by atoms with Gasteiger partial charge in [-0.1, -0.05) is 72.3 Å². The molecule has 31 heavy (non-hydrogen) atoms. The first kappa shape index (κ1) is 20.6. The maximum atomic E-state index is 13.1. The number of carbonyl (C=O) groups excluding carboxylic acids is 1. The van der Waals surface area contributed by atoms with E-state index >= 15 is 0 Å². The van der Waals surface area contributed by atoms with Crippen LogP contribution in [0.2, 0.25) is 0 Å². The van der Waals surface area contributed by atoms with Gasteiger partial charge in [-0.15, -0.1) is 0 Å². The minimum absolute atomic E-state index is 0.0776. The number of carbonyl (C=O) groups is 1. The zero-order valence-corrected chi connectivity index (χ0v) is 17.5. The third kappa shape index (κ3) is 5.47. The first-order valence-corrected chi connectivity index (χ1v) is 10.4. The summed E-state index contributed by atoms with van der Waals surface area (Å²) in [5.74, 6) is -0.0776. The fourth-order valence-corrected chi connectivity index (χ4v) is 3.49. The van der Waals surface area contributed by atoms with Crippen molar-refractivity contribution in [3.63, 3.8) is 0 Å². The van der Waals surface area contributed by atoms with E-state index in [4.69, 9.17) is 0 Å². The smallest absolute Gasteiger partial charge is 0.246 e. The van der Waals surface area contributed by atoms with Gasteiger partial charge in [-0.25, -0.2) is 0 Å². The van der Waals surface area contributed by atoms with E-state index < -0.39 is 6.04 Å². The van der Waals surface area contributed by atoms with Gasteiger partial charge in [-0.2, -0.15) is 5.10 Å². The largest absolute Gasteiger partial charge is 0.324 e. The second-order valence-corrected chi connectivity index (χ2v) is 7.59. The van der Waals surface area contributed by atoms with E-state index in [0.717, 1.165) is 28.8 Å². The maximum Gasteiger partial charge on any atom is 0.246 e. The Morgan fingerprint density at radius 3 is 2.35 bits per heavy atom. The number of H-pyrrole nitrogens is 1. The molecular weight excluding hydrogens is 384 g/mol. The summed E-state index contributed by atoms with van der Waals surface area (Å²) < 4.78 is 0. The molecule has 3 aromatic carbocycles. The molecule has 0 fully saturated rings. The summed E-state index contributed by atoms with van der Waals surface area (Å²) in [7, 11) is 0. The molecule has 0 bridgehead atoms. The molecule has 4 aromatic rings. The van der Waals surface area contributed by atoms with E-state index in [2.05, 4.69) is 52.0 Å². The Morgan fingerprint density at radius 2 is 1.68 bits per heavy atom. The molecule has 0 spiro atoms. The predicted molar refractivity (Wildman–Crippen MR) is 125 cm³/mol. The van der Waals surface area contributed by atoms with Crippen molar-refractivity contribution in [2.75, 3.05) is 11.9 Å². The Labute approximate surface area is 182 Å². The average Bonchev–Trinajstić information content (AvgIpc) is 3.34. The zero-order chi connectivity index (χ0) is 21.5. The predicted octanol–water partition coefficient (Wildman–Crippen LogP) is 4.90. The second kappa shape index (κ2) is 9.87. The van der Waals surface area contributed by atoms with Crippen LogP contribution in [0.15, 0.2) is 91.3 Å². The number of amides is 1. The molecule has 156 valence electrons. The number of nitrogens with one attached hydrogen (secondary N) is 3. The molecular formula is C26H26N4O. The summed E-state index contributed by atoms with van der Waals surface area (Å²) in [6.45, 7) is 2.79. The van der Waals surface area contributed by atoms with Crippen LogP contribution < -0.4 is 10.6 Å². The molecule has 5 nitrogen and oxygen atoms in total. The molecule has 0 aliphatic rings. The first-order chi connectivity index (χ1) is 15.2. The molecule has 1 heterocycles. The Balaban J connectivity index is 1.43. The number of aryl methyl sites for hydroxylation is 1. The molecule has 0 aliphatic heterocycles. The Bertz CT molecular complexity index is 1090. The zero-order valence-electron chi connectivity index (χ0n) is 17.5. The summed E-state index contributed by atoms with van der Waals surface area (Å²) in [5.41, 5.74) is 6.26. The molecule has 0 aliphatic carbocycles. The van der Waals surface area contributed by atoms with Gasteiger partial charge in [0.15, 0.2) is 0 Å². The summed E-state index contributed by atoms with van der Waals surface area (Å²) in [4.78, 5) is 13.1. The van der Waals surface area contributed by atoms with Crippen molar-refractivity contribution in [3.8, 4) is 11.1 Å². The number of aromatic nitrogens is 2. The lowest BCUT2D eigenvalue weighted by Crippen LogP contribution is -2.34. The fraction of sp³-hybridized carbons (Fsp3) is 0.154. The summed E-state index contributed by atoms with van der Waals surface area (Å²) >= 11 is 0. The number of benzene rings is 3. The standard InChI is InChI=1S/C26H26N4O/c1-19-7-9-20(10-8-19)15-16-27-25(22-5-3-2-4-6-22)26(31)30-24-13-11-21(12-14-24)23-17-28-29-18-23/h2-14,17-18,25,27H,15-16H2,1H3,(H,28,29)(H,30,31)/t25-/m1/s1. The van der Waals surface area contributed by atoms with Gasteiger partial charge >= 0.3 is 0 Å². The quantitative estimate of drug-likeness (QED) is 0.387. The molecule has 1 atom stereocenters. The molecule has 0 saturated carbocycles. The van der Waals surface area contributed by atoms with E-state index in [1.54, 1.807) is 6.20 Å². The number of hydrogen-bond acceptors (Lipinski definition) is 3. The van der Waals surface area contributed by atoms with Crippen molar-refractivity contribution >= 4 is 11.6 Å². The number of anilines is 1. The van der Waals surface area contributed by atoms with Crippen molar-refractivity contribution in [2.24, 2.45) is 0 Å². The van der Waals surface area contributed by atoms with Crippen LogP contribution in [0, 0.1) is 6.92 Å². The maximum absolute atomic E-state index is 13.1. The highest BCUT2D eigenvalue weighted by Crippen LogP contribution is 2.21.